The zero-order chi connectivity index (χ0) is 11.7. The van der Waals surface area contributed by atoms with E-state index in [1.165, 1.54) is 44.9 Å². The zero-order valence-corrected chi connectivity index (χ0v) is 10.7. The Morgan fingerprint density at radius 2 is 1.94 bits per heavy atom. The van der Waals surface area contributed by atoms with Gasteiger partial charge in [0.2, 0.25) is 5.91 Å². The number of hydrogen-bond acceptors (Lipinski definition) is 2. The Hall–Kier alpha value is -0.570. The number of nitrogens with one attached hydrogen (secondary N) is 1. The van der Waals surface area contributed by atoms with E-state index in [1.54, 1.807) is 0 Å². The Bertz CT molecular complexity index is 286. The third-order valence-electron chi connectivity index (χ3n) is 4.90. The predicted octanol–water partition coefficient (Wildman–Crippen LogP) is 1.78. The molecule has 2 bridgehead atoms. The molecule has 3 rings (SSSR count). The Morgan fingerprint density at radius 3 is 2.59 bits per heavy atom. The first-order valence-electron chi connectivity index (χ1n) is 7.33. The molecule has 1 aliphatic heterocycles. The Kier molecular flexibility index (Phi) is 3.37. The predicted molar refractivity (Wildman–Crippen MR) is 67.7 cm³/mol. The van der Waals surface area contributed by atoms with Gasteiger partial charge in [0.1, 0.15) is 0 Å². The van der Waals surface area contributed by atoms with Crippen molar-refractivity contribution in [2.45, 2.75) is 51.0 Å². The summed E-state index contributed by atoms with van der Waals surface area (Å²) in [5, 5.41) is 3.28. The summed E-state index contributed by atoms with van der Waals surface area (Å²) in [6.45, 7) is 2.86. The van der Waals surface area contributed by atoms with Crippen LogP contribution in [-0.4, -0.2) is 36.5 Å². The monoisotopic (exact) mass is 236 g/mol. The molecule has 2 aliphatic carbocycles. The first-order valence-corrected chi connectivity index (χ1v) is 7.33. The lowest BCUT2D eigenvalue weighted by atomic mass is 9.95. The molecule has 3 nitrogen and oxygen atoms in total. The molecular weight excluding hydrogens is 212 g/mol. The van der Waals surface area contributed by atoms with Crippen LogP contribution in [-0.2, 0) is 4.79 Å². The van der Waals surface area contributed by atoms with Gasteiger partial charge in [0.15, 0.2) is 0 Å². The lowest BCUT2D eigenvalue weighted by Gasteiger charge is -2.28. The van der Waals surface area contributed by atoms with E-state index < -0.39 is 0 Å². The number of likely N-dealkylation sites (tertiary alicyclic amines) is 1. The summed E-state index contributed by atoms with van der Waals surface area (Å²) in [4.78, 5) is 14.3. The third kappa shape index (κ3) is 2.65. The molecule has 3 heteroatoms. The zero-order valence-electron chi connectivity index (χ0n) is 10.7. The second kappa shape index (κ2) is 4.97. The highest BCUT2D eigenvalue weighted by Gasteiger charge is 2.40. The fourth-order valence-electron chi connectivity index (χ4n) is 3.99. The maximum absolute atomic E-state index is 12.0. The lowest BCUT2D eigenvalue weighted by molar-refractivity contribution is -0.123. The number of fused-ring (bicyclic) bond motifs is 2. The third-order valence-corrected chi connectivity index (χ3v) is 4.90. The van der Waals surface area contributed by atoms with Crippen LogP contribution in [0.25, 0.3) is 0 Å². The largest absolute Gasteiger partial charge is 0.352 e. The number of hydrogen-bond donors (Lipinski definition) is 1. The highest BCUT2D eigenvalue weighted by Crippen LogP contribution is 2.44. The molecule has 0 aromatic carbocycles. The molecule has 3 aliphatic rings. The van der Waals surface area contributed by atoms with E-state index in [9.17, 15) is 4.79 Å². The normalized spacial score (nSPS) is 37.3. The van der Waals surface area contributed by atoms with E-state index in [-0.39, 0.29) is 5.91 Å². The number of amides is 1. The molecule has 0 radical (unpaired) electrons. The van der Waals surface area contributed by atoms with Crippen molar-refractivity contribution in [3.8, 4) is 0 Å². The summed E-state index contributed by atoms with van der Waals surface area (Å²) in [6.07, 6.45) is 9.24. The van der Waals surface area contributed by atoms with E-state index in [2.05, 4.69) is 10.2 Å². The first kappa shape index (κ1) is 11.5. The Morgan fingerprint density at radius 1 is 1.12 bits per heavy atom. The standard InChI is InChI=1S/C14H24N2O/c17-14(10-16-6-2-1-3-7-16)15-13-9-11-4-5-12(13)8-11/h11-13H,1-10H2,(H,15,17)/t11-,12-,13-/m0/s1. The summed E-state index contributed by atoms with van der Waals surface area (Å²) < 4.78 is 0. The molecule has 0 unspecified atom stereocenters. The van der Waals surface area contributed by atoms with Crippen LogP contribution in [0.2, 0.25) is 0 Å². The van der Waals surface area contributed by atoms with Gasteiger partial charge in [-0.3, -0.25) is 9.69 Å². The van der Waals surface area contributed by atoms with Gasteiger partial charge in [-0.2, -0.15) is 0 Å². The van der Waals surface area contributed by atoms with Crippen molar-refractivity contribution in [3.63, 3.8) is 0 Å². The molecule has 0 aromatic rings. The highest BCUT2D eigenvalue weighted by atomic mass is 16.2. The SMILES string of the molecule is O=C(CN1CCCCC1)N[C@H]1C[C@H]2CC[C@H]1C2. The van der Waals surface area contributed by atoms with Crippen LogP contribution in [0, 0.1) is 11.8 Å². The molecule has 0 spiro atoms. The molecule has 3 fully saturated rings. The molecule has 3 atom stereocenters. The van der Waals surface area contributed by atoms with Gasteiger partial charge in [-0.25, -0.2) is 0 Å². The van der Waals surface area contributed by atoms with Gasteiger partial charge in [-0.15, -0.1) is 0 Å². The summed E-state index contributed by atoms with van der Waals surface area (Å²) in [5.41, 5.74) is 0. The van der Waals surface area contributed by atoms with Gasteiger partial charge in [0.05, 0.1) is 6.54 Å². The summed E-state index contributed by atoms with van der Waals surface area (Å²) in [5.74, 6) is 1.98. The molecule has 2 saturated carbocycles. The smallest absolute Gasteiger partial charge is 0.234 e. The van der Waals surface area contributed by atoms with Crippen molar-refractivity contribution in [1.29, 1.82) is 0 Å². The fourth-order valence-corrected chi connectivity index (χ4v) is 3.99. The van der Waals surface area contributed by atoms with Gasteiger partial charge in [0.25, 0.3) is 0 Å². The van der Waals surface area contributed by atoms with Gasteiger partial charge in [-0.05, 0) is 57.0 Å². The van der Waals surface area contributed by atoms with Crippen LogP contribution in [0.4, 0.5) is 0 Å². The Balaban J connectivity index is 1.44. The molecule has 1 N–H and O–H groups in total. The van der Waals surface area contributed by atoms with Gasteiger partial charge in [-0.1, -0.05) is 12.8 Å². The average Bonchev–Trinajstić information content (AvgIpc) is 2.92. The van der Waals surface area contributed by atoms with Crippen LogP contribution in [0.3, 0.4) is 0 Å². The van der Waals surface area contributed by atoms with Crippen LogP contribution in [0.15, 0.2) is 0 Å². The molecule has 1 heterocycles. The molecule has 1 amide bonds. The van der Waals surface area contributed by atoms with Gasteiger partial charge < -0.3 is 5.32 Å². The number of carbonyl (C=O) groups is 1. The van der Waals surface area contributed by atoms with Crippen LogP contribution in [0.1, 0.15) is 44.9 Å². The molecule has 17 heavy (non-hydrogen) atoms. The van der Waals surface area contributed by atoms with Crippen molar-refractivity contribution in [3.05, 3.63) is 0 Å². The minimum atomic E-state index is 0.268. The van der Waals surface area contributed by atoms with E-state index >= 15 is 0 Å². The highest BCUT2D eigenvalue weighted by molar-refractivity contribution is 5.78. The summed E-state index contributed by atoms with van der Waals surface area (Å²) >= 11 is 0. The van der Waals surface area contributed by atoms with Crippen molar-refractivity contribution in [2.75, 3.05) is 19.6 Å². The first-order chi connectivity index (χ1) is 8.31. The van der Waals surface area contributed by atoms with Crippen molar-refractivity contribution < 1.29 is 4.79 Å². The maximum atomic E-state index is 12.0. The summed E-state index contributed by atoms with van der Waals surface area (Å²) in [7, 11) is 0. The number of nitrogens with zero attached hydrogens (tertiary/aromatic N) is 1. The average molecular weight is 236 g/mol. The van der Waals surface area contributed by atoms with Crippen molar-refractivity contribution >= 4 is 5.91 Å². The van der Waals surface area contributed by atoms with Crippen LogP contribution >= 0.6 is 0 Å². The van der Waals surface area contributed by atoms with E-state index in [0.717, 1.165) is 24.9 Å². The van der Waals surface area contributed by atoms with E-state index in [1.807, 2.05) is 0 Å². The minimum absolute atomic E-state index is 0.268. The molecular formula is C14H24N2O. The van der Waals surface area contributed by atoms with Crippen molar-refractivity contribution in [2.24, 2.45) is 11.8 Å². The topological polar surface area (TPSA) is 32.3 Å². The molecule has 1 saturated heterocycles. The van der Waals surface area contributed by atoms with Crippen molar-refractivity contribution in [1.82, 2.24) is 10.2 Å². The summed E-state index contributed by atoms with van der Waals surface area (Å²) in [6, 6.07) is 0.506. The quantitative estimate of drug-likeness (QED) is 0.810. The number of rotatable bonds is 3. The molecule has 0 aromatic heterocycles. The lowest BCUT2D eigenvalue weighted by Crippen LogP contribution is -2.45. The van der Waals surface area contributed by atoms with Gasteiger partial charge in [0, 0.05) is 6.04 Å². The van der Waals surface area contributed by atoms with Crippen LogP contribution < -0.4 is 5.32 Å². The Labute approximate surface area is 104 Å². The van der Waals surface area contributed by atoms with Crippen LogP contribution in [0.5, 0.6) is 0 Å². The van der Waals surface area contributed by atoms with E-state index in [0.29, 0.717) is 12.6 Å². The number of carbonyl (C=O) groups excluding carboxylic acids is 1. The fraction of sp³-hybridized carbons (Fsp3) is 0.929. The maximum Gasteiger partial charge on any atom is 0.234 e. The second-order valence-corrected chi connectivity index (χ2v) is 6.19. The number of piperidine rings is 1. The second-order valence-electron chi connectivity index (χ2n) is 6.19. The minimum Gasteiger partial charge on any atom is -0.352 e. The van der Waals surface area contributed by atoms with Gasteiger partial charge >= 0.3 is 0 Å². The van der Waals surface area contributed by atoms with E-state index in [4.69, 9.17) is 0 Å². The molecule has 96 valence electrons.